The van der Waals surface area contributed by atoms with Gasteiger partial charge in [0.15, 0.2) is 5.78 Å². The lowest BCUT2D eigenvalue weighted by Gasteiger charge is -2.16. The third-order valence-corrected chi connectivity index (χ3v) is 2.93. The van der Waals surface area contributed by atoms with Gasteiger partial charge in [-0.2, -0.15) is 0 Å². The van der Waals surface area contributed by atoms with E-state index in [1.54, 1.807) is 0 Å². The molecule has 1 fully saturated rings. The summed E-state index contributed by atoms with van der Waals surface area (Å²) in [5.41, 5.74) is 7.03. The lowest BCUT2D eigenvalue weighted by Crippen LogP contribution is -2.32. The summed E-state index contributed by atoms with van der Waals surface area (Å²) in [6.07, 6.45) is 7.08. The second kappa shape index (κ2) is 2.56. The molecule has 2 nitrogen and oxygen atoms in total. The van der Waals surface area contributed by atoms with E-state index in [1.165, 1.54) is 5.57 Å². The highest BCUT2D eigenvalue weighted by Crippen LogP contribution is 2.37. The predicted octanol–water partition coefficient (Wildman–Crippen LogP) is 1.04. The first-order valence-electron chi connectivity index (χ1n) is 4.37. The Hall–Kier alpha value is -0.890. The lowest BCUT2D eigenvalue weighted by atomic mass is 9.90. The topological polar surface area (TPSA) is 43.1 Å². The van der Waals surface area contributed by atoms with E-state index in [9.17, 15) is 4.79 Å². The number of fused-ring (bicyclic) bond motifs is 1. The van der Waals surface area contributed by atoms with E-state index in [-0.39, 0.29) is 23.7 Å². The number of allylic oxidation sites excluding steroid dienone is 3. The van der Waals surface area contributed by atoms with Crippen molar-refractivity contribution in [2.45, 2.75) is 19.4 Å². The summed E-state index contributed by atoms with van der Waals surface area (Å²) < 4.78 is 0. The fraction of sp³-hybridized carbons (Fsp3) is 0.500. The Kier molecular flexibility index (Phi) is 1.65. The Morgan fingerprint density at radius 2 is 2.33 bits per heavy atom. The highest BCUT2D eigenvalue weighted by Gasteiger charge is 2.41. The van der Waals surface area contributed by atoms with E-state index >= 15 is 0 Å². The number of hydrogen-bond donors (Lipinski definition) is 1. The van der Waals surface area contributed by atoms with Crippen LogP contribution in [0.2, 0.25) is 0 Å². The standard InChI is InChI=1S/C10H13NO/c1-6-7-4-2-3-5-8(7)9(11)10(6)12/h2-4,6,8-9H,5,11H2,1H3. The van der Waals surface area contributed by atoms with Crippen LogP contribution in [0, 0.1) is 11.8 Å². The molecule has 64 valence electrons. The van der Waals surface area contributed by atoms with Crippen LogP contribution < -0.4 is 5.73 Å². The molecular formula is C10H13NO. The molecule has 2 rings (SSSR count). The highest BCUT2D eigenvalue weighted by atomic mass is 16.1. The van der Waals surface area contributed by atoms with Crippen LogP contribution in [0.4, 0.5) is 0 Å². The van der Waals surface area contributed by atoms with Gasteiger partial charge >= 0.3 is 0 Å². The Morgan fingerprint density at radius 3 is 3.00 bits per heavy atom. The normalized spacial score (nSPS) is 39.7. The van der Waals surface area contributed by atoms with Crippen LogP contribution in [-0.4, -0.2) is 11.8 Å². The van der Waals surface area contributed by atoms with Crippen molar-refractivity contribution in [3.8, 4) is 0 Å². The summed E-state index contributed by atoms with van der Waals surface area (Å²) in [6.45, 7) is 1.95. The van der Waals surface area contributed by atoms with Crippen molar-refractivity contribution in [1.29, 1.82) is 0 Å². The van der Waals surface area contributed by atoms with E-state index in [4.69, 9.17) is 5.73 Å². The van der Waals surface area contributed by atoms with Gasteiger partial charge in [0.25, 0.3) is 0 Å². The maximum Gasteiger partial charge on any atom is 0.156 e. The van der Waals surface area contributed by atoms with E-state index in [1.807, 2.05) is 19.1 Å². The smallest absolute Gasteiger partial charge is 0.156 e. The largest absolute Gasteiger partial charge is 0.321 e. The average molecular weight is 163 g/mol. The van der Waals surface area contributed by atoms with Crippen molar-refractivity contribution < 1.29 is 4.79 Å². The average Bonchev–Trinajstić information content (AvgIpc) is 2.33. The molecule has 0 heterocycles. The molecule has 2 N–H and O–H groups in total. The second-order valence-corrected chi connectivity index (χ2v) is 3.59. The van der Waals surface area contributed by atoms with Gasteiger partial charge in [0.1, 0.15) is 0 Å². The van der Waals surface area contributed by atoms with Crippen LogP contribution >= 0.6 is 0 Å². The van der Waals surface area contributed by atoms with Crippen LogP contribution in [0.1, 0.15) is 13.3 Å². The molecule has 2 heteroatoms. The predicted molar refractivity (Wildman–Crippen MR) is 47.5 cm³/mol. The van der Waals surface area contributed by atoms with Gasteiger partial charge in [-0.1, -0.05) is 30.7 Å². The van der Waals surface area contributed by atoms with Crippen molar-refractivity contribution in [3.05, 3.63) is 23.8 Å². The fourth-order valence-corrected chi connectivity index (χ4v) is 2.13. The first kappa shape index (κ1) is 7.74. The van der Waals surface area contributed by atoms with Crippen molar-refractivity contribution >= 4 is 5.78 Å². The minimum Gasteiger partial charge on any atom is -0.321 e. The van der Waals surface area contributed by atoms with Crippen molar-refractivity contribution in [2.75, 3.05) is 0 Å². The van der Waals surface area contributed by atoms with Crippen molar-refractivity contribution in [3.63, 3.8) is 0 Å². The van der Waals surface area contributed by atoms with E-state index in [0.29, 0.717) is 0 Å². The highest BCUT2D eigenvalue weighted by molar-refractivity contribution is 5.92. The molecule has 0 radical (unpaired) electrons. The maximum atomic E-state index is 11.5. The van der Waals surface area contributed by atoms with Gasteiger partial charge in [-0.25, -0.2) is 0 Å². The Morgan fingerprint density at radius 1 is 1.58 bits per heavy atom. The molecule has 3 atom stereocenters. The maximum absolute atomic E-state index is 11.5. The first-order chi connectivity index (χ1) is 5.72. The number of ketones is 1. The molecule has 1 saturated carbocycles. The van der Waals surface area contributed by atoms with Gasteiger partial charge in [-0.05, 0) is 6.42 Å². The van der Waals surface area contributed by atoms with E-state index in [2.05, 4.69) is 6.08 Å². The van der Waals surface area contributed by atoms with Crippen molar-refractivity contribution in [1.82, 2.24) is 0 Å². The SMILES string of the molecule is CC1C(=O)C(N)C2CC=CC=C12. The van der Waals surface area contributed by atoms with Crippen LogP contribution in [0.15, 0.2) is 23.8 Å². The molecular weight excluding hydrogens is 150 g/mol. The molecule has 0 aromatic rings. The van der Waals surface area contributed by atoms with Crippen LogP contribution in [0.3, 0.4) is 0 Å². The Bertz CT molecular complexity index is 278. The van der Waals surface area contributed by atoms with E-state index < -0.39 is 0 Å². The zero-order chi connectivity index (χ0) is 8.72. The van der Waals surface area contributed by atoms with Gasteiger partial charge in [0.05, 0.1) is 6.04 Å². The molecule has 12 heavy (non-hydrogen) atoms. The molecule has 0 spiro atoms. The van der Waals surface area contributed by atoms with Crippen LogP contribution in [-0.2, 0) is 4.79 Å². The zero-order valence-corrected chi connectivity index (χ0v) is 7.16. The Labute approximate surface area is 72.1 Å². The number of Topliss-reactive ketones (excluding diaryl/α,β-unsaturated/α-hetero) is 1. The molecule has 0 aromatic carbocycles. The van der Waals surface area contributed by atoms with Gasteiger partial charge in [-0.3, -0.25) is 4.79 Å². The van der Waals surface area contributed by atoms with Crippen LogP contribution in [0.25, 0.3) is 0 Å². The van der Waals surface area contributed by atoms with Crippen molar-refractivity contribution in [2.24, 2.45) is 17.6 Å². The number of rotatable bonds is 0. The molecule has 3 unspecified atom stereocenters. The second-order valence-electron chi connectivity index (χ2n) is 3.59. The van der Waals surface area contributed by atoms with Gasteiger partial charge in [-0.15, -0.1) is 0 Å². The molecule has 0 amide bonds. The minimum absolute atomic E-state index is 0.0509. The number of nitrogens with two attached hydrogens (primary N) is 1. The van der Waals surface area contributed by atoms with E-state index in [0.717, 1.165) is 6.42 Å². The molecule has 2 aliphatic rings. The molecule has 0 aliphatic heterocycles. The molecule has 0 saturated heterocycles. The lowest BCUT2D eigenvalue weighted by molar-refractivity contribution is -0.121. The Balaban J connectivity index is 2.37. The van der Waals surface area contributed by atoms with Gasteiger partial charge in [0.2, 0.25) is 0 Å². The number of hydrogen-bond acceptors (Lipinski definition) is 2. The summed E-state index contributed by atoms with van der Waals surface area (Å²) in [6, 6.07) is -0.254. The third kappa shape index (κ3) is 0.879. The quantitative estimate of drug-likeness (QED) is 0.579. The van der Waals surface area contributed by atoms with Gasteiger partial charge in [0, 0.05) is 11.8 Å². The zero-order valence-electron chi connectivity index (χ0n) is 7.16. The first-order valence-corrected chi connectivity index (χ1v) is 4.37. The summed E-state index contributed by atoms with van der Waals surface area (Å²) >= 11 is 0. The third-order valence-electron chi connectivity index (χ3n) is 2.93. The number of carbonyl (C=O) groups excluding carboxylic acids is 1. The van der Waals surface area contributed by atoms with Crippen LogP contribution in [0.5, 0.6) is 0 Å². The monoisotopic (exact) mass is 163 g/mol. The fourth-order valence-electron chi connectivity index (χ4n) is 2.13. The summed E-state index contributed by atoms with van der Waals surface area (Å²) in [5, 5.41) is 0. The molecule has 0 bridgehead atoms. The molecule has 0 aromatic heterocycles. The molecule has 2 aliphatic carbocycles. The summed E-state index contributed by atoms with van der Waals surface area (Å²) in [4.78, 5) is 11.5. The summed E-state index contributed by atoms with van der Waals surface area (Å²) in [5.74, 6) is 0.544. The summed E-state index contributed by atoms with van der Waals surface area (Å²) in [7, 11) is 0. The number of carbonyl (C=O) groups is 1. The van der Waals surface area contributed by atoms with Gasteiger partial charge < -0.3 is 5.73 Å². The minimum atomic E-state index is -0.254.